The van der Waals surface area contributed by atoms with Crippen molar-refractivity contribution in [2.24, 2.45) is 0 Å². The standard InChI is InChI=1S/C20H18F2N4O/c1-12-6-3-4-7-14(12)11-23-19(27)17-10-13(2)24-20(25-17)26-18-15(21)8-5-9-16(18)22/h3-10H,11H2,1-2H3,(H,23,27)(H,24,25,26). The Morgan fingerprint density at radius 3 is 2.41 bits per heavy atom. The number of aryl methyl sites for hydroxylation is 2. The zero-order valence-corrected chi connectivity index (χ0v) is 14.9. The fourth-order valence-corrected chi connectivity index (χ4v) is 2.54. The van der Waals surface area contributed by atoms with Gasteiger partial charge >= 0.3 is 0 Å². The van der Waals surface area contributed by atoms with Crippen LogP contribution in [0.15, 0.2) is 48.5 Å². The van der Waals surface area contributed by atoms with Gasteiger partial charge in [0.1, 0.15) is 23.0 Å². The average molecular weight is 368 g/mol. The van der Waals surface area contributed by atoms with Gasteiger partial charge in [-0.3, -0.25) is 4.79 Å². The van der Waals surface area contributed by atoms with Crippen molar-refractivity contribution in [2.75, 3.05) is 5.32 Å². The first-order valence-electron chi connectivity index (χ1n) is 8.33. The highest BCUT2D eigenvalue weighted by molar-refractivity contribution is 5.92. The van der Waals surface area contributed by atoms with E-state index in [4.69, 9.17) is 0 Å². The van der Waals surface area contributed by atoms with Crippen LogP contribution in [-0.2, 0) is 6.54 Å². The van der Waals surface area contributed by atoms with Crippen LogP contribution in [0, 0.1) is 25.5 Å². The molecule has 0 aliphatic carbocycles. The number of para-hydroxylation sites is 1. The lowest BCUT2D eigenvalue weighted by atomic mass is 10.1. The first-order chi connectivity index (χ1) is 12.9. The van der Waals surface area contributed by atoms with Gasteiger partial charge in [-0.25, -0.2) is 18.7 Å². The number of nitrogens with zero attached hydrogens (tertiary/aromatic N) is 2. The molecule has 138 valence electrons. The van der Waals surface area contributed by atoms with Crippen LogP contribution in [0.3, 0.4) is 0 Å². The SMILES string of the molecule is Cc1cc(C(=O)NCc2ccccc2C)nc(Nc2c(F)cccc2F)n1. The lowest BCUT2D eigenvalue weighted by Crippen LogP contribution is -2.24. The Morgan fingerprint density at radius 1 is 1.00 bits per heavy atom. The average Bonchev–Trinajstić information content (AvgIpc) is 2.63. The van der Waals surface area contributed by atoms with Crippen LogP contribution >= 0.6 is 0 Å². The number of hydrogen-bond acceptors (Lipinski definition) is 4. The van der Waals surface area contributed by atoms with Crippen LogP contribution < -0.4 is 10.6 Å². The molecule has 2 N–H and O–H groups in total. The van der Waals surface area contributed by atoms with Crippen molar-refractivity contribution in [1.82, 2.24) is 15.3 Å². The molecule has 0 fully saturated rings. The Hall–Kier alpha value is -3.35. The van der Waals surface area contributed by atoms with E-state index in [1.165, 1.54) is 12.1 Å². The van der Waals surface area contributed by atoms with E-state index in [2.05, 4.69) is 20.6 Å². The molecule has 0 bridgehead atoms. The van der Waals surface area contributed by atoms with E-state index in [0.717, 1.165) is 23.3 Å². The summed E-state index contributed by atoms with van der Waals surface area (Å²) in [4.78, 5) is 20.6. The minimum Gasteiger partial charge on any atom is -0.347 e. The van der Waals surface area contributed by atoms with Gasteiger partial charge in [0.25, 0.3) is 5.91 Å². The molecule has 0 unspecified atom stereocenters. The monoisotopic (exact) mass is 368 g/mol. The Kier molecular flexibility index (Phi) is 5.40. The molecule has 2 aromatic carbocycles. The van der Waals surface area contributed by atoms with Gasteiger partial charge < -0.3 is 10.6 Å². The van der Waals surface area contributed by atoms with Crippen LogP contribution in [-0.4, -0.2) is 15.9 Å². The highest BCUT2D eigenvalue weighted by atomic mass is 19.1. The lowest BCUT2D eigenvalue weighted by Gasteiger charge is -2.11. The first-order valence-corrected chi connectivity index (χ1v) is 8.33. The Labute approximate surface area is 155 Å². The summed E-state index contributed by atoms with van der Waals surface area (Å²) in [7, 11) is 0. The molecule has 0 aliphatic heterocycles. The number of aromatic nitrogens is 2. The van der Waals surface area contributed by atoms with E-state index in [0.29, 0.717) is 12.2 Å². The van der Waals surface area contributed by atoms with Crippen LogP contribution in [0.2, 0.25) is 0 Å². The van der Waals surface area contributed by atoms with Crippen LogP contribution in [0.4, 0.5) is 20.4 Å². The molecule has 0 saturated carbocycles. The highest BCUT2D eigenvalue weighted by Crippen LogP contribution is 2.21. The molecule has 3 rings (SSSR count). The summed E-state index contributed by atoms with van der Waals surface area (Å²) in [6.07, 6.45) is 0. The topological polar surface area (TPSA) is 66.9 Å². The smallest absolute Gasteiger partial charge is 0.270 e. The zero-order chi connectivity index (χ0) is 19.4. The second-order valence-corrected chi connectivity index (χ2v) is 6.05. The van der Waals surface area contributed by atoms with Crippen molar-refractivity contribution in [3.8, 4) is 0 Å². The summed E-state index contributed by atoms with van der Waals surface area (Å²) in [5.74, 6) is -2.00. The molecular weight excluding hydrogens is 350 g/mol. The molecule has 1 aromatic heterocycles. The van der Waals surface area contributed by atoms with Crippen LogP contribution in [0.5, 0.6) is 0 Å². The van der Waals surface area contributed by atoms with Crippen molar-refractivity contribution >= 4 is 17.5 Å². The molecule has 0 atom stereocenters. The molecule has 0 radical (unpaired) electrons. The lowest BCUT2D eigenvalue weighted by molar-refractivity contribution is 0.0945. The zero-order valence-electron chi connectivity index (χ0n) is 14.9. The fraction of sp³-hybridized carbons (Fsp3) is 0.150. The van der Waals surface area contributed by atoms with Gasteiger partial charge in [-0.15, -0.1) is 0 Å². The number of amides is 1. The van der Waals surface area contributed by atoms with Crippen LogP contribution in [0.1, 0.15) is 27.3 Å². The molecule has 27 heavy (non-hydrogen) atoms. The number of benzene rings is 2. The molecule has 1 heterocycles. The van der Waals surface area contributed by atoms with Gasteiger partial charge in [-0.05, 0) is 43.2 Å². The summed E-state index contributed by atoms with van der Waals surface area (Å²) >= 11 is 0. The van der Waals surface area contributed by atoms with E-state index in [1.54, 1.807) is 6.92 Å². The summed E-state index contributed by atoms with van der Waals surface area (Å²) in [5.41, 5.74) is 2.28. The van der Waals surface area contributed by atoms with Gasteiger partial charge in [0.05, 0.1) is 0 Å². The molecule has 1 amide bonds. The largest absolute Gasteiger partial charge is 0.347 e. The number of anilines is 2. The number of carbonyl (C=O) groups excluding carboxylic acids is 1. The number of carbonyl (C=O) groups is 1. The third-order valence-corrected chi connectivity index (χ3v) is 3.99. The van der Waals surface area contributed by atoms with E-state index < -0.39 is 17.5 Å². The van der Waals surface area contributed by atoms with Crippen molar-refractivity contribution in [3.63, 3.8) is 0 Å². The van der Waals surface area contributed by atoms with E-state index in [9.17, 15) is 13.6 Å². The Bertz CT molecular complexity index is 971. The quantitative estimate of drug-likeness (QED) is 0.713. The summed E-state index contributed by atoms with van der Waals surface area (Å²) in [6, 6.07) is 12.7. The minimum absolute atomic E-state index is 0.0555. The molecule has 5 nitrogen and oxygen atoms in total. The van der Waals surface area contributed by atoms with E-state index in [-0.39, 0.29) is 17.3 Å². The minimum atomic E-state index is -0.773. The van der Waals surface area contributed by atoms with E-state index >= 15 is 0 Å². The normalized spacial score (nSPS) is 10.5. The van der Waals surface area contributed by atoms with Crippen molar-refractivity contribution in [1.29, 1.82) is 0 Å². The highest BCUT2D eigenvalue weighted by Gasteiger charge is 2.14. The van der Waals surface area contributed by atoms with E-state index in [1.807, 2.05) is 31.2 Å². The van der Waals surface area contributed by atoms with Crippen molar-refractivity contribution < 1.29 is 13.6 Å². The number of rotatable bonds is 5. The Morgan fingerprint density at radius 2 is 1.70 bits per heavy atom. The number of halogens is 2. The Balaban J connectivity index is 1.78. The third kappa shape index (κ3) is 4.44. The second kappa shape index (κ2) is 7.90. The van der Waals surface area contributed by atoms with Gasteiger partial charge in [-0.1, -0.05) is 30.3 Å². The second-order valence-electron chi connectivity index (χ2n) is 6.05. The van der Waals surface area contributed by atoms with Crippen LogP contribution in [0.25, 0.3) is 0 Å². The molecule has 0 spiro atoms. The number of nitrogens with one attached hydrogen (secondary N) is 2. The molecule has 3 aromatic rings. The number of hydrogen-bond donors (Lipinski definition) is 2. The summed E-state index contributed by atoms with van der Waals surface area (Å²) in [6.45, 7) is 3.98. The predicted molar refractivity (Wildman–Crippen MR) is 98.8 cm³/mol. The van der Waals surface area contributed by atoms with Crippen molar-refractivity contribution in [2.45, 2.75) is 20.4 Å². The van der Waals surface area contributed by atoms with Gasteiger partial charge in [0.2, 0.25) is 5.95 Å². The van der Waals surface area contributed by atoms with Gasteiger partial charge in [0, 0.05) is 12.2 Å². The summed E-state index contributed by atoms with van der Waals surface area (Å²) in [5, 5.41) is 5.30. The summed E-state index contributed by atoms with van der Waals surface area (Å²) < 4.78 is 27.6. The predicted octanol–water partition coefficient (Wildman–Crippen LogP) is 4.05. The van der Waals surface area contributed by atoms with Gasteiger partial charge in [-0.2, -0.15) is 0 Å². The van der Waals surface area contributed by atoms with Gasteiger partial charge in [0.15, 0.2) is 0 Å². The maximum Gasteiger partial charge on any atom is 0.270 e. The maximum absolute atomic E-state index is 13.8. The third-order valence-electron chi connectivity index (χ3n) is 3.99. The maximum atomic E-state index is 13.8. The van der Waals surface area contributed by atoms with Crippen molar-refractivity contribution in [3.05, 3.63) is 82.7 Å². The molecule has 0 saturated heterocycles. The fourth-order valence-electron chi connectivity index (χ4n) is 2.54. The molecule has 7 heteroatoms. The molecule has 0 aliphatic rings. The first kappa shape index (κ1) is 18.4. The molecular formula is C20H18F2N4O.